The Hall–Kier alpha value is -1.69. The molecule has 0 aliphatic heterocycles. The Morgan fingerprint density at radius 3 is 2.23 bits per heavy atom. The second-order valence-electron chi connectivity index (χ2n) is 7.52. The van der Waals surface area contributed by atoms with Crippen molar-refractivity contribution in [2.45, 2.75) is 39.1 Å². The number of carbonyl (C=O) groups excluding carboxylic acids is 2. The largest absolute Gasteiger partial charge is 0.354 e. The van der Waals surface area contributed by atoms with Gasteiger partial charge < -0.3 is 10.2 Å². The molecule has 162 valence electrons. The maximum absolute atomic E-state index is 13.1. The van der Waals surface area contributed by atoms with Gasteiger partial charge in [0.2, 0.25) is 11.8 Å². The Morgan fingerprint density at radius 1 is 1.00 bits per heavy atom. The van der Waals surface area contributed by atoms with Crippen LogP contribution >= 0.6 is 35.0 Å². The average Bonchev–Trinajstić information content (AvgIpc) is 2.72. The molecule has 4 nitrogen and oxygen atoms in total. The van der Waals surface area contributed by atoms with Crippen molar-refractivity contribution in [2.75, 3.05) is 12.3 Å². The summed E-state index contributed by atoms with van der Waals surface area (Å²) in [6.45, 7) is 6.52. The third kappa shape index (κ3) is 7.53. The second kappa shape index (κ2) is 12.2. The summed E-state index contributed by atoms with van der Waals surface area (Å²) < 4.78 is 0. The molecule has 0 saturated carbocycles. The number of halogens is 2. The van der Waals surface area contributed by atoms with Gasteiger partial charge in [0.1, 0.15) is 6.04 Å². The monoisotopic (exact) mass is 466 g/mol. The Labute approximate surface area is 193 Å². The Bertz CT molecular complexity index is 826. The van der Waals surface area contributed by atoms with Gasteiger partial charge in [0, 0.05) is 34.5 Å². The van der Waals surface area contributed by atoms with Gasteiger partial charge in [-0.05, 0) is 30.5 Å². The molecule has 0 spiro atoms. The summed E-state index contributed by atoms with van der Waals surface area (Å²) in [5, 5.41) is 3.87. The molecule has 0 heterocycles. The molecule has 0 bridgehead atoms. The van der Waals surface area contributed by atoms with Gasteiger partial charge in [-0.15, -0.1) is 11.8 Å². The van der Waals surface area contributed by atoms with E-state index in [9.17, 15) is 9.59 Å². The van der Waals surface area contributed by atoms with Crippen LogP contribution in [0.4, 0.5) is 0 Å². The smallest absolute Gasteiger partial charge is 0.242 e. The molecule has 2 aromatic carbocycles. The number of amides is 2. The van der Waals surface area contributed by atoms with Crippen molar-refractivity contribution in [3.05, 3.63) is 69.7 Å². The molecular weight excluding hydrogens is 439 g/mol. The Kier molecular flexibility index (Phi) is 10.0. The minimum atomic E-state index is -0.638. The fraction of sp³-hybridized carbons (Fsp3) is 0.391. The van der Waals surface area contributed by atoms with Crippen molar-refractivity contribution in [1.29, 1.82) is 0 Å². The SMILES string of the molecule is CC(C)CNC(=O)[C@H](C)N(Cc1c(Cl)cccc1Cl)C(=O)CSCc1ccccc1. The highest BCUT2D eigenvalue weighted by atomic mass is 35.5. The molecular formula is C23H28Cl2N2O2S. The fourth-order valence-corrected chi connectivity index (χ4v) is 4.19. The number of nitrogens with zero attached hydrogens (tertiary/aromatic N) is 1. The molecule has 30 heavy (non-hydrogen) atoms. The van der Waals surface area contributed by atoms with E-state index in [4.69, 9.17) is 23.2 Å². The van der Waals surface area contributed by atoms with Gasteiger partial charge in [-0.25, -0.2) is 0 Å². The van der Waals surface area contributed by atoms with Gasteiger partial charge in [-0.3, -0.25) is 9.59 Å². The number of carbonyl (C=O) groups is 2. The van der Waals surface area contributed by atoms with Crippen LogP contribution in [-0.4, -0.2) is 35.1 Å². The minimum absolute atomic E-state index is 0.126. The molecule has 0 aromatic heterocycles. The molecule has 7 heteroatoms. The summed E-state index contributed by atoms with van der Waals surface area (Å²) in [6.07, 6.45) is 0. The highest BCUT2D eigenvalue weighted by Gasteiger charge is 2.27. The van der Waals surface area contributed by atoms with Crippen molar-refractivity contribution in [1.82, 2.24) is 10.2 Å². The minimum Gasteiger partial charge on any atom is -0.354 e. The van der Waals surface area contributed by atoms with Crippen molar-refractivity contribution in [3.8, 4) is 0 Å². The van der Waals surface area contributed by atoms with Crippen LogP contribution < -0.4 is 5.32 Å². The molecule has 0 aliphatic carbocycles. The molecule has 2 aromatic rings. The predicted molar refractivity (Wildman–Crippen MR) is 127 cm³/mol. The Morgan fingerprint density at radius 2 is 1.63 bits per heavy atom. The van der Waals surface area contributed by atoms with Crippen molar-refractivity contribution in [2.24, 2.45) is 5.92 Å². The van der Waals surface area contributed by atoms with Gasteiger partial charge in [-0.2, -0.15) is 0 Å². The number of hydrogen-bond donors (Lipinski definition) is 1. The molecule has 0 fully saturated rings. The first-order chi connectivity index (χ1) is 14.3. The summed E-state index contributed by atoms with van der Waals surface area (Å²) in [4.78, 5) is 27.3. The topological polar surface area (TPSA) is 49.4 Å². The molecule has 1 atom stereocenters. The number of rotatable bonds is 10. The van der Waals surface area contributed by atoms with E-state index < -0.39 is 6.04 Å². The van der Waals surface area contributed by atoms with Crippen LogP contribution in [0.5, 0.6) is 0 Å². The third-order valence-corrected chi connectivity index (χ3v) is 6.28. The predicted octanol–water partition coefficient (Wildman–Crippen LogP) is 5.42. The van der Waals surface area contributed by atoms with Crippen molar-refractivity contribution >= 4 is 46.8 Å². The molecule has 0 saturated heterocycles. The first-order valence-electron chi connectivity index (χ1n) is 9.91. The number of hydrogen-bond acceptors (Lipinski definition) is 3. The lowest BCUT2D eigenvalue weighted by Crippen LogP contribution is -2.48. The van der Waals surface area contributed by atoms with E-state index in [1.807, 2.05) is 44.2 Å². The summed E-state index contributed by atoms with van der Waals surface area (Å²) >= 11 is 14.2. The van der Waals surface area contributed by atoms with Gasteiger partial charge >= 0.3 is 0 Å². The zero-order valence-electron chi connectivity index (χ0n) is 17.5. The first kappa shape index (κ1) is 24.6. The highest BCUT2D eigenvalue weighted by Crippen LogP contribution is 2.27. The quantitative estimate of drug-likeness (QED) is 0.508. The lowest BCUT2D eigenvalue weighted by Gasteiger charge is -2.29. The van der Waals surface area contributed by atoms with E-state index in [1.165, 1.54) is 11.8 Å². The molecule has 0 unspecified atom stereocenters. The lowest BCUT2D eigenvalue weighted by atomic mass is 10.1. The summed E-state index contributed by atoms with van der Waals surface area (Å²) in [5.41, 5.74) is 1.80. The third-order valence-electron chi connectivity index (χ3n) is 4.58. The second-order valence-corrected chi connectivity index (χ2v) is 9.32. The van der Waals surface area contributed by atoms with Crippen LogP contribution in [0.2, 0.25) is 10.0 Å². The molecule has 1 N–H and O–H groups in total. The van der Waals surface area contributed by atoms with Crippen LogP contribution in [0.25, 0.3) is 0 Å². The van der Waals surface area contributed by atoms with E-state index in [2.05, 4.69) is 5.32 Å². The van der Waals surface area contributed by atoms with Crippen LogP contribution in [0.3, 0.4) is 0 Å². The number of benzene rings is 2. The zero-order chi connectivity index (χ0) is 22.1. The number of thioether (sulfide) groups is 1. The van der Waals surface area contributed by atoms with Gasteiger partial charge in [0.25, 0.3) is 0 Å². The van der Waals surface area contributed by atoms with Crippen LogP contribution in [-0.2, 0) is 21.9 Å². The van der Waals surface area contributed by atoms with E-state index in [0.29, 0.717) is 28.1 Å². The fourth-order valence-electron chi connectivity index (χ4n) is 2.80. The number of nitrogens with one attached hydrogen (secondary N) is 1. The van der Waals surface area contributed by atoms with Crippen LogP contribution in [0.1, 0.15) is 31.9 Å². The average molecular weight is 467 g/mol. The normalized spacial score (nSPS) is 11.9. The van der Waals surface area contributed by atoms with E-state index in [-0.39, 0.29) is 24.1 Å². The van der Waals surface area contributed by atoms with E-state index in [1.54, 1.807) is 30.0 Å². The molecule has 0 aliphatic rings. The summed E-state index contributed by atoms with van der Waals surface area (Å²) in [7, 11) is 0. The zero-order valence-corrected chi connectivity index (χ0v) is 19.9. The highest BCUT2D eigenvalue weighted by molar-refractivity contribution is 7.99. The first-order valence-corrected chi connectivity index (χ1v) is 11.8. The van der Waals surface area contributed by atoms with Crippen molar-refractivity contribution < 1.29 is 9.59 Å². The maximum Gasteiger partial charge on any atom is 0.242 e. The van der Waals surface area contributed by atoms with Crippen molar-refractivity contribution in [3.63, 3.8) is 0 Å². The maximum atomic E-state index is 13.1. The van der Waals surface area contributed by atoms with Gasteiger partial charge in [0.15, 0.2) is 0 Å². The van der Waals surface area contributed by atoms with Gasteiger partial charge in [-0.1, -0.05) is 73.4 Å². The van der Waals surface area contributed by atoms with Crippen LogP contribution in [0, 0.1) is 5.92 Å². The van der Waals surface area contributed by atoms with Gasteiger partial charge in [0.05, 0.1) is 5.75 Å². The molecule has 2 amide bonds. The summed E-state index contributed by atoms with van der Waals surface area (Å²) in [5.74, 6) is 0.997. The summed E-state index contributed by atoms with van der Waals surface area (Å²) in [6, 6.07) is 14.6. The van der Waals surface area contributed by atoms with Crippen LogP contribution in [0.15, 0.2) is 48.5 Å². The molecule has 2 rings (SSSR count). The lowest BCUT2D eigenvalue weighted by molar-refractivity contribution is -0.138. The molecule has 0 radical (unpaired) electrons. The van der Waals surface area contributed by atoms with E-state index in [0.717, 1.165) is 11.3 Å². The standard InChI is InChI=1S/C23H28Cl2N2O2S/c1-16(2)12-26-23(29)17(3)27(13-19-20(24)10-7-11-21(19)25)22(28)15-30-14-18-8-5-4-6-9-18/h4-11,16-17H,12-15H2,1-3H3,(H,26,29)/t17-/m0/s1. The Balaban J connectivity index is 2.12. The van der Waals surface area contributed by atoms with E-state index >= 15 is 0 Å².